The summed E-state index contributed by atoms with van der Waals surface area (Å²) in [6.45, 7) is 3.56. The van der Waals surface area contributed by atoms with Gasteiger partial charge in [0.25, 0.3) is 0 Å². The third-order valence-corrected chi connectivity index (χ3v) is 5.62. The normalized spacial score (nSPS) is 20.0. The van der Waals surface area contributed by atoms with Crippen LogP contribution in [-0.4, -0.2) is 36.6 Å². The minimum atomic E-state index is -4.73. The van der Waals surface area contributed by atoms with E-state index in [1.165, 1.54) is 12.1 Å². The molecule has 2 unspecified atom stereocenters. The Bertz CT molecular complexity index is 1280. The van der Waals surface area contributed by atoms with Gasteiger partial charge in [0.15, 0.2) is 5.82 Å². The van der Waals surface area contributed by atoms with Gasteiger partial charge in [0, 0.05) is 18.7 Å². The van der Waals surface area contributed by atoms with Crippen LogP contribution >= 0.6 is 0 Å². The van der Waals surface area contributed by atoms with Crippen molar-refractivity contribution < 1.29 is 30.7 Å². The van der Waals surface area contributed by atoms with E-state index in [0.717, 1.165) is 24.4 Å². The highest BCUT2D eigenvalue weighted by Gasteiger charge is 2.39. The molecule has 0 saturated heterocycles. The van der Waals surface area contributed by atoms with Gasteiger partial charge in [-0.15, -0.1) is 6.58 Å². The first-order chi connectivity index (χ1) is 17.3. The average molecular weight is 527 g/mol. The maximum absolute atomic E-state index is 14.9. The first-order valence-electron chi connectivity index (χ1n) is 11.0. The molecule has 1 aliphatic carbocycles. The van der Waals surface area contributed by atoms with Gasteiger partial charge in [-0.2, -0.15) is 41.3 Å². The van der Waals surface area contributed by atoms with Crippen LogP contribution in [0.4, 0.5) is 48.3 Å². The Morgan fingerprint density at radius 2 is 1.76 bits per heavy atom. The maximum atomic E-state index is 14.9. The predicted molar refractivity (Wildman–Crippen MR) is 120 cm³/mol. The van der Waals surface area contributed by atoms with Crippen molar-refractivity contribution in [1.29, 1.82) is 0 Å². The van der Waals surface area contributed by atoms with Gasteiger partial charge >= 0.3 is 12.4 Å². The Balaban J connectivity index is 1.69. The zero-order chi connectivity index (χ0) is 26.8. The molecule has 3 heterocycles. The standard InChI is InChI=1S/C23H20F7N7/c1-2-7-21(24)8-6-14(10-21)32-19-35-18(16-4-3-5-17(34-16)23(28,29)30)36-20(37-19)33-15-9-13(11-31-12-15)22(25,26)27/h2-5,9,11-12,14H,1,6-8,10H2,(H2,32,33,35,36,37). The smallest absolute Gasteiger partial charge is 0.351 e. The number of hydrogen-bond donors (Lipinski definition) is 2. The molecular formula is C23H20F7N7. The van der Waals surface area contributed by atoms with Crippen LogP contribution in [0.2, 0.25) is 0 Å². The van der Waals surface area contributed by atoms with Crippen molar-refractivity contribution in [2.75, 3.05) is 10.6 Å². The summed E-state index contributed by atoms with van der Waals surface area (Å²) in [7, 11) is 0. The summed E-state index contributed by atoms with van der Waals surface area (Å²) >= 11 is 0. The Morgan fingerprint density at radius 3 is 2.46 bits per heavy atom. The van der Waals surface area contributed by atoms with Crippen molar-refractivity contribution in [2.24, 2.45) is 0 Å². The minimum Gasteiger partial charge on any atom is -0.351 e. The fourth-order valence-corrected chi connectivity index (χ4v) is 3.95. The molecule has 0 spiro atoms. The average Bonchev–Trinajstić information content (AvgIpc) is 3.18. The summed E-state index contributed by atoms with van der Waals surface area (Å²) < 4.78 is 93.7. The number of hydrogen-bond acceptors (Lipinski definition) is 7. The van der Waals surface area contributed by atoms with Crippen molar-refractivity contribution in [2.45, 2.75) is 49.7 Å². The molecule has 0 radical (unpaired) electrons. The van der Waals surface area contributed by atoms with Gasteiger partial charge in [0.05, 0.1) is 17.4 Å². The molecule has 196 valence electrons. The van der Waals surface area contributed by atoms with Gasteiger partial charge in [-0.25, -0.2) is 9.37 Å². The number of halogens is 7. The molecule has 0 aromatic carbocycles. The lowest BCUT2D eigenvalue weighted by molar-refractivity contribution is -0.141. The maximum Gasteiger partial charge on any atom is 0.433 e. The number of aromatic nitrogens is 5. The SMILES string of the molecule is C=CCC1(F)CCC(Nc2nc(Nc3cncc(C(F)(F)F)c3)nc(-c3cccc(C(F)(F)F)n3)n2)C1. The Hall–Kier alpha value is -3.84. The quantitative estimate of drug-likeness (QED) is 0.273. The van der Waals surface area contributed by atoms with E-state index < -0.39 is 35.3 Å². The molecule has 0 aliphatic heterocycles. The third kappa shape index (κ3) is 6.49. The predicted octanol–water partition coefficient (Wildman–Crippen LogP) is 6.36. The second kappa shape index (κ2) is 9.90. The van der Waals surface area contributed by atoms with E-state index in [1.54, 1.807) is 0 Å². The molecule has 1 aliphatic rings. The monoisotopic (exact) mass is 527 g/mol. The number of alkyl halides is 7. The highest BCUT2D eigenvalue weighted by atomic mass is 19.4. The number of rotatable bonds is 7. The molecule has 4 rings (SSSR count). The fourth-order valence-electron chi connectivity index (χ4n) is 3.95. The summed E-state index contributed by atoms with van der Waals surface area (Å²) in [5.74, 6) is -0.662. The fraction of sp³-hybridized carbons (Fsp3) is 0.348. The molecule has 14 heteroatoms. The second-order valence-electron chi connectivity index (χ2n) is 8.52. The highest BCUT2D eigenvalue weighted by Crippen LogP contribution is 2.38. The molecular weight excluding hydrogens is 507 g/mol. The Kier molecular flexibility index (Phi) is 7.02. The van der Waals surface area contributed by atoms with Crippen LogP contribution in [0.5, 0.6) is 0 Å². The molecule has 3 aromatic rings. The van der Waals surface area contributed by atoms with Gasteiger partial charge in [-0.3, -0.25) is 4.98 Å². The largest absolute Gasteiger partial charge is 0.433 e. The van der Waals surface area contributed by atoms with Crippen molar-refractivity contribution in [3.63, 3.8) is 0 Å². The summed E-state index contributed by atoms with van der Waals surface area (Å²) in [4.78, 5) is 19.4. The Morgan fingerprint density at radius 1 is 1.00 bits per heavy atom. The van der Waals surface area contributed by atoms with Crippen LogP contribution in [0.25, 0.3) is 11.5 Å². The van der Waals surface area contributed by atoms with Crippen LogP contribution < -0.4 is 10.6 Å². The molecule has 1 saturated carbocycles. The van der Waals surface area contributed by atoms with E-state index in [4.69, 9.17) is 0 Å². The van der Waals surface area contributed by atoms with Crippen molar-refractivity contribution in [1.82, 2.24) is 24.9 Å². The van der Waals surface area contributed by atoms with E-state index in [1.807, 2.05) is 0 Å². The second-order valence-corrected chi connectivity index (χ2v) is 8.52. The first kappa shape index (κ1) is 26.2. The van der Waals surface area contributed by atoms with Crippen molar-refractivity contribution in [3.05, 3.63) is 60.6 Å². The van der Waals surface area contributed by atoms with Gasteiger partial charge in [0.1, 0.15) is 17.1 Å². The van der Waals surface area contributed by atoms with Gasteiger partial charge in [0.2, 0.25) is 11.9 Å². The van der Waals surface area contributed by atoms with Crippen molar-refractivity contribution in [3.8, 4) is 11.5 Å². The van der Waals surface area contributed by atoms with Crippen molar-refractivity contribution >= 4 is 17.6 Å². The summed E-state index contributed by atoms with van der Waals surface area (Å²) in [5, 5.41) is 5.52. The van der Waals surface area contributed by atoms with Crippen LogP contribution in [0.3, 0.4) is 0 Å². The van der Waals surface area contributed by atoms with Gasteiger partial charge < -0.3 is 10.6 Å². The molecule has 1 fully saturated rings. The molecule has 2 N–H and O–H groups in total. The highest BCUT2D eigenvalue weighted by molar-refractivity contribution is 5.59. The molecule has 7 nitrogen and oxygen atoms in total. The number of anilines is 3. The number of nitrogens with zero attached hydrogens (tertiary/aromatic N) is 5. The summed E-state index contributed by atoms with van der Waals surface area (Å²) in [5.41, 5.74) is -4.05. The first-order valence-corrected chi connectivity index (χ1v) is 11.0. The van der Waals surface area contributed by atoms with Crippen LogP contribution in [0.15, 0.2) is 49.3 Å². The lowest BCUT2D eigenvalue weighted by atomic mass is 10.0. The number of pyridine rings is 2. The Labute approximate surface area is 206 Å². The topological polar surface area (TPSA) is 88.5 Å². The zero-order valence-electron chi connectivity index (χ0n) is 19.0. The zero-order valence-corrected chi connectivity index (χ0v) is 19.0. The lowest BCUT2D eigenvalue weighted by Crippen LogP contribution is -2.23. The molecule has 0 bridgehead atoms. The lowest BCUT2D eigenvalue weighted by Gasteiger charge is -2.18. The number of allylic oxidation sites excluding steroid dienone is 1. The minimum absolute atomic E-state index is 0.112. The van der Waals surface area contributed by atoms with E-state index in [2.05, 4.69) is 42.1 Å². The summed E-state index contributed by atoms with van der Waals surface area (Å²) in [6.07, 6.45) is -5.23. The molecule has 3 aromatic heterocycles. The summed E-state index contributed by atoms with van der Waals surface area (Å²) in [6, 6.07) is 3.51. The number of nitrogens with one attached hydrogen (secondary N) is 2. The molecule has 0 amide bonds. The third-order valence-electron chi connectivity index (χ3n) is 5.62. The van der Waals surface area contributed by atoms with Crippen LogP contribution in [-0.2, 0) is 12.4 Å². The van der Waals surface area contributed by atoms with Crippen LogP contribution in [0, 0.1) is 0 Å². The van der Waals surface area contributed by atoms with E-state index in [0.29, 0.717) is 12.6 Å². The van der Waals surface area contributed by atoms with Gasteiger partial charge in [-0.05, 0) is 37.5 Å². The van der Waals surface area contributed by atoms with E-state index in [9.17, 15) is 30.7 Å². The molecule has 2 atom stereocenters. The van der Waals surface area contributed by atoms with E-state index >= 15 is 0 Å². The van der Waals surface area contributed by atoms with E-state index in [-0.39, 0.29) is 48.4 Å². The van der Waals surface area contributed by atoms with Gasteiger partial charge in [-0.1, -0.05) is 12.1 Å². The molecule has 37 heavy (non-hydrogen) atoms. The van der Waals surface area contributed by atoms with Crippen LogP contribution in [0.1, 0.15) is 36.9 Å².